The second-order valence-electron chi connectivity index (χ2n) is 8.78. The fraction of sp³-hybridized carbons (Fsp3) is 0.652. The van der Waals surface area contributed by atoms with Gasteiger partial charge in [-0.1, -0.05) is 32.6 Å². The predicted molar refractivity (Wildman–Crippen MR) is 113 cm³/mol. The van der Waals surface area contributed by atoms with Crippen LogP contribution in [-0.4, -0.2) is 33.5 Å². The highest BCUT2D eigenvalue weighted by Crippen LogP contribution is 2.34. The summed E-state index contributed by atoms with van der Waals surface area (Å²) in [6.45, 7) is 3.69. The summed E-state index contributed by atoms with van der Waals surface area (Å²) in [7, 11) is 1.87. The third-order valence-electron chi connectivity index (χ3n) is 6.48. The van der Waals surface area contributed by atoms with Crippen LogP contribution in [0.25, 0.3) is 11.0 Å². The molecule has 2 aromatic rings. The Morgan fingerprint density at radius 1 is 1.11 bits per heavy atom. The summed E-state index contributed by atoms with van der Waals surface area (Å²) in [6, 6.07) is 6.18. The molecule has 0 radical (unpaired) electrons. The van der Waals surface area contributed by atoms with E-state index in [1.165, 1.54) is 32.1 Å². The van der Waals surface area contributed by atoms with Crippen molar-refractivity contribution in [3.63, 3.8) is 0 Å². The largest absolute Gasteiger partial charge is 0.342 e. The molecule has 0 spiro atoms. The van der Waals surface area contributed by atoms with Crippen molar-refractivity contribution in [1.29, 1.82) is 0 Å². The smallest absolute Gasteiger partial charge is 0.329 e. The van der Waals surface area contributed by atoms with Crippen LogP contribution in [0.2, 0.25) is 0 Å². The normalized spacial score (nSPS) is 17.9. The Kier molecular flexibility index (Phi) is 5.61. The number of nitrogens with zero attached hydrogens (tertiary/aromatic N) is 3. The quantitative estimate of drug-likeness (QED) is 0.702. The number of hydrogen-bond acceptors (Lipinski definition) is 2. The molecule has 2 saturated carbocycles. The van der Waals surface area contributed by atoms with Gasteiger partial charge in [0.25, 0.3) is 5.91 Å². The number of imidazole rings is 1. The van der Waals surface area contributed by atoms with Gasteiger partial charge in [-0.15, -0.1) is 0 Å². The summed E-state index contributed by atoms with van der Waals surface area (Å²) in [5.74, 6) is 0.667. The maximum absolute atomic E-state index is 13.3. The standard InChI is InChI=1S/C23H33N3O2/c1-3-4-14-24(2)22(27)18-12-13-20-21(15-18)25(16-17-10-11-17)23(28)26(20)19-8-6-5-7-9-19/h12-13,15,17,19H,3-11,14,16H2,1-2H3. The molecule has 2 aliphatic carbocycles. The number of aromatic nitrogens is 2. The van der Waals surface area contributed by atoms with E-state index in [1.54, 1.807) is 4.90 Å². The summed E-state index contributed by atoms with van der Waals surface area (Å²) in [6.07, 6.45) is 10.3. The summed E-state index contributed by atoms with van der Waals surface area (Å²) in [5.41, 5.74) is 2.76. The van der Waals surface area contributed by atoms with Crippen molar-refractivity contribution in [1.82, 2.24) is 14.0 Å². The van der Waals surface area contributed by atoms with Crippen LogP contribution in [0.3, 0.4) is 0 Å². The van der Waals surface area contributed by atoms with Gasteiger partial charge in [-0.25, -0.2) is 4.79 Å². The minimum absolute atomic E-state index is 0.0474. The number of hydrogen-bond donors (Lipinski definition) is 0. The van der Waals surface area contributed by atoms with E-state index in [1.807, 2.05) is 34.4 Å². The van der Waals surface area contributed by atoms with Gasteiger partial charge in [-0.05, 0) is 56.2 Å². The first-order valence-electron chi connectivity index (χ1n) is 11.1. The van der Waals surface area contributed by atoms with Crippen LogP contribution < -0.4 is 5.69 Å². The highest BCUT2D eigenvalue weighted by Gasteiger charge is 2.27. The van der Waals surface area contributed by atoms with Crippen LogP contribution in [0, 0.1) is 5.92 Å². The van der Waals surface area contributed by atoms with Gasteiger partial charge < -0.3 is 4.90 Å². The Morgan fingerprint density at radius 2 is 1.86 bits per heavy atom. The van der Waals surface area contributed by atoms with E-state index < -0.39 is 0 Å². The van der Waals surface area contributed by atoms with E-state index >= 15 is 0 Å². The molecule has 0 aliphatic heterocycles. The first kappa shape index (κ1) is 19.3. The van der Waals surface area contributed by atoms with Crippen molar-refractivity contribution in [2.24, 2.45) is 5.92 Å². The Balaban J connectivity index is 1.74. The van der Waals surface area contributed by atoms with Crippen molar-refractivity contribution < 1.29 is 4.79 Å². The highest BCUT2D eigenvalue weighted by atomic mass is 16.2. The van der Waals surface area contributed by atoms with Crippen molar-refractivity contribution in [3.05, 3.63) is 34.2 Å². The number of rotatable bonds is 7. The number of fused-ring (bicyclic) bond motifs is 1. The zero-order valence-corrected chi connectivity index (χ0v) is 17.3. The van der Waals surface area contributed by atoms with Gasteiger partial charge in [-0.2, -0.15) is 0 Å². The van der Waals surface area contributed by atoms with Gasteiger partial charge in [0.2, 0.25) is 0 Å². The molecule has 28 heavy (non-hydrogen) atoms. The topological polar surface area (TPSA) is 47.2 Å². The predicted octanol–water partition coefficient (Wildman–Crippen LogP) is 4.59. The second kappa shape index (κ2) is 8.14. The third-order valence-corrected chi connectivity index (χ3v) is 6.48. The van der Waals surface area contributed by atoms with Crippen molar-refractivity contribution in [2.45, 2.75) is 77.3 Å². The lowest BCUT2D eigenvalue weighted by atomic mass is 9.95. The molecule has 5 nitrogen and oxygen atoms in total. The molecule has 1 heterocycles. The summed E-state index contributed by atoms with van der Waals surface area (Å²) in [4.78, 5) is 28.0. The van der Waals surface area contributed by atoms with Gasteiger partial charge in [0.15, 0.2) is 0 Å². The number of carbonyl (C=O) groups is 1. The van der Waals surface area contributed by atoms with Crippen molar-refractivity contribution in [2.75, 3.05) is 13.6 Å². The van der Waals surface area contributed by atoms with Crippen LogP contribution in [0.5, 0.6) is 0 Å². The Morgan fingerprint density at radius 3 is 2.54 bits per heavy atom. The molecule has 1 aromatic carbocycles. The average molecular weight is 384 g/mol. The lowest BCUT2D eigenvalue weighted by molar-refractivity contribution is 0.0793. The van der Waals surface area contributed by atoms with Gasteiger partial charge in [0.05, 0.1) is 11.0 Å². The zero-order valence-electron chi connectivity index (χ0n) is 17.3. The van der Waals surface area contributed by atoms with Crippen molar-refractivity contribution in [3.8, 4) is 0 Å². The third kappa shape index (κ3) is 3.76. The van der Waals surface area contributed by atoms with E-state index in [-0.39, 0.29) is 11.6 Å². The minimum Gasteiger partial charge on any atom is -0.342 e. The summed E-state index contributed by atoms with van der Waals surface area (Å²) < 4.78 is 3.98. The Hall–Kier alpha value is -2.04. The molecule has 2 aliphatic rings. The minimum atomic E-state index is 0.0474. The van der Waals surface area contributed by atoms with Crippen molar-refractivity contribution >= 4 is 16.9 Å². The van der Waals surface area contributed by atoms with Crippen LogP contribution >= 0.6 is 0 Å². The number of benzene rings is 1. The second-order valence-corrected chi connectivity index (χ2v) is 8.78. The molecule has 0 unspecified atom stereocenters. The van der Waals surface area contributed by atoms with E-state index in [0.717, 1.165) is 49.8 Å². The van der Waals surface area contributed by atoms with E-state index in [2.05, 4.69) is 6.92 Å². The van der Waals surface area contributed by atoms with Gasteiger partial charge >= 0.3 is 5.69 Å². The van der Waals surface area contributed by atoms with Crippen LogP contribution in [0.4, 0.5) is 0 Å². The highest BCUT2D eigenvalue weighted by molar-refractivity contribution is 5.97. The lowest BCUT2D eigenvalue weighted by Gasteiger charge is -2.23. The van der Waals surface area contributed by atoms with E-state index in [0.29, 0.717) is 17.5 Å². The molecule has 5 heteroatoms. The Labute approximate surface area is 167 Å². The van der Waals surface area contributed by atoms with E-state index in [9.17, 15) is 9.59 Å². The molecular weight excluding hydrogens is 350 g/mol. The molecule has 0 N–H and O–H groups in total. The first-order valence-corrected chi connectivity index (χ1v) is 11.1. The van der Waals surface area contributed by atoms with Gasteiger partial charge in [0, 0.05) is 31.7 Å². The zero-order chi connectivity index (χ0) is 19.7. The van der Waals surface area contributed by atoms with Crippen LogP contribution in [-0.2, 0) is 6.54 Å². The van der Waals surface area contributed by atoms with Gasteiger partial charge in [-0.3, -0.25) is 13.9 Å². The molecule has 1 amide bonds. The maximum atomic E-state index is 13.3. The molecular formula is C23H33N3O2. The monoisotopic (exact) mass is 383 g/mol. The molecule has 4 rings (SSSR count). The fourth-order valence-corrected chi connectivity index (χ4v) is 4.56. The fourth-order valence-electron chi connectivity index (χ4n) is 4.56. The number of unbranched alkanes of at least 4 members (excludes halogenated alkanes) is 1. The van der Waals surface area contributed by atoms with Crippen LogP contribution in [0.15, 0.2) is 23.0 Å². The van der Waals surface area contributed by atoms with Gasteiger partial charge in [0.1, 0.15) is 0 Å². The van der Waals surface area contributed by atoms with Crippen LogP contribution in [0.1, 0.15) is 81.1 Å². The molecule has 2 fully saturated rings. The molecule has 1 aromatic heterocycles. The summed E-state index contributed by atoms with van der Waals surface area (Å²) in [5, 5.41) is 0. The molecule has 152 valence electrons. The SMILES string of the molecule is CCCCN(C)C(=O)c1ccc2c(c1)n(CC1CC1)c(=O)n2C1CCCCC1. The first-order chi connectivity index (χ1) is 13.6. The summed E-state index contributed by atoms with van der Waals surface area (Å²) >= 11 is 0. The number of carbonyl (C=O) groups excluding carboxylic acids is 1. The molecule has 0 bridgehead atoms. The maximum Gasteiger partial charge on any atom is 0.329 e. The van der Waals surface area contributed by atoms with E-state index in [4.69, 9.17) is 0 Å². The number of amides is 1. The lowest BCUT2D eigenvalue weighted by Crippen LogP contribution is -2.29. The molecule has 0 saturated heterocycles. The Bertz CT molecular complexity index is 900. The average Bonchev–Trinajstić information content (AvgIpc) is 3.50. The molecule has 0 atom stereocenters.